The summed E-state index contributed by atoms with van der Waals surface area (Å²) >= 11 is 3.18. The van der Waals surface area contributed by atoms with Crippen molar-refractivity contribution in [3.8, 4) is 0 Å². The Balaban J connectivity index is 2.34. The first kappa shape index (κ1) is 10.9. The minimum atomic E-state index is -0.507. The zero-order chi connectivity index (χ0) is 11.7. The summed E-state index contributed by atoms with van der Waals surface area (Å²) in [5.74, 6) is 0. The summed E-state index contributed by atoms with van der Waals surface area (Å²) < 4.78 is 5.53. The van der Waals surface area contributed by atoms with E-state index in [1.807, 2.05) is 0 Å². The lowest BCUT2D eigenvalue weighted by Crippen LogP contribution is -2.12. The van der Waals surface area contributed by atoms with Gasteiger partial charge in [-0.25, -0.2) is 4.79 Å². The quantitative estimate of drug-likeness (QED) is 0.667. The van der Waals surface area contributed by atoms with E-state index in [0.717, 1.165) is 0 Å². The van der Waals surface area contributed by atoms with E-state index in [2.05, 4.69) is 21.2 Å². The summed E-state index contributed by atoms with van der Waals surface area (Å²) in [5, 5.41) is 13.1. The minimum absolute atomic E-state index is 0.0349. The average Bonchev–Trinajstić information content (AvgIpc) is 2.64. The van der Waals surface area contributed by atoms with Crippen LogP contribution in [0.1, 0.15) is 11.7 Å². The Morgan fingerprint density at radius 1 is 1.50 bits per heavy atom. The van der Waals surface area contributed by atoms with Crippen LogP contribution in [0, 0.1) is 10.1 Å². The van der Waals surface area contributed by atoms with E-state index >= 15 is 0 Å². The van der Waals surface area contributed by atoms with Gasteiger partial charge in [0.1, 0.15) is 6.10 Å². The van der Waals surface area contributed by atoms with Crippen molar-refractivity contribution in [2.75, 3.05) is 6.54 Å². The van der Waals surface area contributed by atoms with Gasteiger partial charge in [-0.2, -0.15) is 0 Å². The molecular formula is C9H7BrN2O4. The number of nitro groups is 1. The van der Waals surface area contributed by atoms with Gasteiger partial charge in [-0.15, -0.1) is 0 Å². The molecule has 0 radical (unpaired) electrons. The fraction of sp³-hybridized carbons (Fsp3) is 0.222. The van der Waals surface area contributed by atoms with E-state index < -0.39 is 17.1 Å². The van der Waals surface area contributed by atoms with E-state index in [4.69, 9.17) is 4.74 Å². The fourth-order valence-electron chi connectivity index (χ4n) is 1.46. The van der Waals surface area contributed by atoms with Gasteiger partial charge in [0.25, 0.3) is 5.69 Å². The van der Waals surface area contributed by atoms with Crippen LogP contribution in [0.5, 0.6) is 0 Å². The van der Waals surface area contributed by atoms with Crippen molar-refractivity contribution in [2.45, 2.75) is 6.10 Å². The number of carbonyl (C=O) groups excluding carboxylic acids is 1. The third kappa shape index (κ3) is 2.13. The Kier molecular flexibility index (Phi) is 2.78. The molecule has 1 N–H and O–H groups in total. The van der Waals surface area contributed by atoms with Gasteiger partial charge < -0.3 is 10.1 Å². The molecule has 0 bridgehead atoms. The Morgan fingerprint density at radius 3 is 2.81 bits per heavy atom. The number of halogens is 1. The lowest BCUT2D eigenvalue weighted by atomic mass is 10.1. The summed E-state index contributed by atoms with van der Waals surface area (Å²) in [6.07, 6.45) is -0.976. The zero-order valence-corrected chi connectivity index (χ0v) is 9.56. The second-order valence-electron chi connectivity index (χ2n) is 3.27. The van der Waals surface area contributed by atoms with Gasteiger partial charge >= 0.3 is 6.09 Å². The molecule has 1 fully saturated rings. The highest BCUT2D eigenvalue weighted by atomic mass is 79.9. The van der Waals surface area contributed by atoms with Gasteiger partial charge in [0.2, 0.25) is 0 Å². The molecule has 1 aromatic carbocycles. The van der Waals surface area contributed by atoms with Crippen LogP contribution in [0.15, 0.2) is 22.7 Å². The lowest BCUT2D eigenvalue weighted by Gasteiger charge is -2.08. The predicted octanol–water partition coefficient (Wildman–Crippen LogP) is 2.14. The van der Waals surface area contributed by atoms with Crippen molar-refractivity contribution in [1.82, 2.24) is 5.32 Å². The number of carbonyl (C=O) groups is 1. The maximum Gasteiger partial charge on any atom is 0.407 e. The Hall–Kier alpha value is -1.63. The molecule has 1 unspecified atom stereocenters. The van der Waals surface area contributed by atoms with Gasteiger partial charge in [0, 0.05) is 22.2 Å². The summed E-state index contributed by atoms with van der Waals surface area (Å²) in [4.78, 5) is 21.0. The molecule has 1 amide bonds. The van der Waals surface area contributed by atoms with Crippen molar-refractivity contribution in [3.63, 3.8) is 0 Å². The number of ether oxygens (including phenoxy) is 1. The van der Waals surface area contributed by atoms with Crippen molar-refractivity contribution in [1.29, 1.82) is 0 Å². The fourth-order valence-corrected chi connectivity index (χ4v) is 1.96. The van der Waals surface area contributed by atoms with Gasteiger partial charge in [0.05, 0.1) is 11.5 Å². The number of nitrogens with one attached hydrogen (secondary N) is 1. The van der Waals surface area contributed by atoms with E-state index in [0.29, 0.717) is 16.6 Å². The molecule has 1 atom stereocenters. The first-order chi connectivity index (χ1) is 7.56. The summed E-state index contributed by atoms with van der Waals surface area (Å²) in [7, 11) is 0. The molecule has 6 nitrogen and oxygen atoms in total. The largest absolute Gasteiger partial charge is 0.439 e. The molecular weight excluding hydrogens is 280 g/mol. The number of hydrogen-bond donors (Lipinski definition) is 1. The minimum Gasteiger partial charge on any atom is -0.439 e. The molecule has 16 heavy (non-hydrogen) atoms. The third-order valence-electron chi connectivity index (χ3n) is 2.17. The van der Waals surface area contributed by atoms with Gasteiger partial charge in [0.15, 0.2) is 0 Å². The molecule has 1 aliphatic rings. The van der Waals surface area contributed by atoms with Crippen molar-refractivity contribution in [2.24, 2.45) is 0 Å². The number of hydrogen-bond acceptors (Lipinski definition) is 4. The van der Waals surface area contributed by atoms with Crippen LogP contribution >= 0.6 is 15.9 Å². The molecule has 7 heteroatoms. The van der Waals surface area contributed by atoms with Gasteiger partial charge in [-0.05, 0) is 6.07 Å². The molecule has 0 spiro atoms. The Morgan fingerprint density at radius 2 is 2.25 bits per heavy atom. The monoisotopic (exact) mass is 286 g/mol. The summed E-state index contributed by atoms with van der Waals surface area (Å²) in [5.41, 5.74) is 0.562. The van der Waals surface area contributed by atoms with E-state index in [-0.39, 0.29) is 5.69 Å². The molecule has 84 valence electrons. The zero-order valence-electron chi connectivity index (χ0n) is 7.97. The molecule has 2 rings (SSSR count). The molecule has 0 aromatic heterocycles. The molecule has 1 aliphatic heterocycles. The van der Waals surface area contributed by atoms with Crippen LogP contribution in [0.4, 0.5) is 10.5 Å². The molecule has 1 aromatic rings. The van der Waals surface area contributed by atoms with E-state index in [1.54, 1.807) is 6.07 Å². The standard InChI is InChI=1S/C9H7BrN2O4/c10-6-1-5(2-7(3-6)12(14)15)8-4-11-9(13)16-8/h1-3,8H,4H2,(H,11,13). The third-order valence-corrected chi connectivity index (χ3v) is 2.63. The van der Waals surface area contributed by atoms with Crippen LogP contribution in [-0.2, 0) is 4.74 Å². The maximum atomic E-state index is 10.9. The van der Waals surface area contributed by atoms with Crippen LogP contribution in [-0.4, -0.2) is 17.6 Å². The second kappa shape index (κ2) is 4.09. The highest BCUT2D eigenvalue weighted by Gasteiger charge is 2.25. The molecule has 1 saturated heterocycles. The number of nitro benzene ring substituents is 1. The second-order valence-corrected chi connectivity index (χ2v) is 4.19. The Labute approximate surface area is 98.9 Å². The smallest absolute Gasteiger partial charge is 0.407 e. The average molecular weight is 287 g/mol. The number of amides is 1. The molecule has 0 aliphatic carbocycles. The lowest BCUT2D eigenvalue weighted by molar-refractivity contribution is -0.385. The topological polar surface area (TPSA) is 81.5 Å². The maximum absolute atomic E-state index is 10.9. The highest BCUT2D eigenvalue weighted by Crippen LogP contribution is 2.28. The number of non-ortho nitro benzene ring substituents is 1. The number of rotatable bonds is 2. The van der Waals surface area contributed by atoms with Gasteiger partial charge in [-0.3, -0.25) is 10.1 Å². The molecule has 1 heterocycles. The first-order valence-corrected chi connectivity index (χ1v) is 5.25. The first-order valence-electron chi connectivity index (χ1n) is 4.45. The van der Waals surface area contributed by atoms with Crippen molar-refractivity contribution in [3.05, 3.63) is 38.3 Å². The van der Waals surface area contributed by atoms with Crippen LogP contribution < -0.4 is 5.32 Å². The summed E-state index contributed by atoms with van der Waals surface area (Å²) in [6.45, 7) is 0.326. The van der Waals surface area contributed by atoms with Crippen LogP contribution in [0.2, 0.25) is 0 Å². The normalized spacial score (nSPS) is 19.1. The number of cyclic esters (lactones) is 1. The molecule has 0 saturated carbocycles. The number of nitrogens with zero attached hydrogens (tertiary/aromatic N) is 1. The number of benzene rings is 1. The number of alkyl carbamates (subject to hydrolysis) is 1. The van der Waals surface area contributed by atoms with Gasteiger partial charge in [-0.1, -0.05) is 15.9 Å². The van der Waals surface area contributed by atoms with Crippen LogP contribution in [0.3, 0.4) is 0 Å². The highest BCUT2D eigenvalue weighted by molar-refractivity contribution is 9.10. The van der Waals surface area contributed by atoms with E-state index in [1.165, 1.54) is 12.1 Å². The summed E-state index contributed by atoms with van der Waals surface area (Å²) in [6, 6.07) is 4.49. The SMILES string of the molecule is O=C1NCC(c2cc(Br)cc([N+](=O)[O-])c2)O1. The predicted molar refractivity (Wildman–Crippen MR) is 58.0 cm³/mol. The van der Waals surface area contributed by atoms with Crippen molar-refractivity contribution < 1.29 is 14.5 Å². The van der Waals surface area contributed by atoms with E-state index in [9.17, 15) is 14.9 Å². The van der Waals surface area contributed by atoms with Crippen molar-refractivity contribution >= 4 is 27.7 Å². The van der Waals surface area contributed by atoms with Crippen LogP contribution in [0.25, 0.3) is 0 Å². The Bertz CT molecular complexity index is 463.